The number of halogens is 1. The fourth-order valence-electron chi connectivity index (χ4n) is 3.70. The van der Waals surface area contributed by atoms with Crippen LogP contribution in [0.5, 0.6) is 0 Å². The van der Waals surface area contributed by atoms with Crippen molar-refractivity contribution in [3.63, 3.8) is 0 Å². The summed E-state index contributed by atoms with van der Waals surface area (Å²) in [5, 5.41) is 0. The van der Waals surface area contributed by atoms with Gasteiger partial charge in [0.2, 0.25) is 0 Å². The third-order valence-electron chi connectivity index (χ3n) is 4.61. The van der Waals surface area contributed by atoms with Crippen molar-refractivity contribution in [1.82, 2.24) is 9.80 Å². The number of hydrogen-bond donors (Lipinski definition) is 0. The van der Waals surface area contributed by atoms with Gasteiger partial charge in [-0.25, -0.2) is 0 Å². The normalized spacial score (nSPS) is 27.4. The second kappa shape index (κ2) is 5.90. The highest BCUT2D eigenvalue weighted by Gasteiger charge is 2.39. The average molecular weight is 341 g/mol. The molecule has 0 aliphatic carbocycles. The van der Waals surface area contributed by atoms with Gasteiger partial charge in [0.05, 0.1) is 0 Å². The summed E-state index contributed by atoms with van der Waals surface area (Å²) in [5.41, 5.74) is 0. The van der Waals surface area contributed by atoms with Crippen LogP contribution in [0, 0.1) is 0 Å². The number of amides is 1. The van der Waals surface area contributed by atoms with Gasteiger partial charge in [-0.05, 0) is 66.8 Å². The molecule has 3 heterocycles. The first-order chi connectivity index (χ1) is 9.70. The predicted molar refractivity (Wildman–Crippen MR) is 80.7 cm³/mol. The highest BCUT2D eigenvalue weighted by atomic mass is 79.9. The summed E-state index contributed by atoms with van der Waals surface area (Å²) >= 11 is 3.27. The second-order valence-electron chi connectivity index (χ2n) is 5.65. The number of nitrogens with zero attached hydrogens (tertiary/aromatic N) is 2. The minimum atomic E-state index is 0.0427. The summed E-state index contributed by atoms with van der Waals surface area (Å²) in [5.74, 6) is 0.492. The Hall–Kier alpha value is -0.810. The molecule has 0 spiro atoms. The maximum Gasteiger partial charge on any atom is 0.289 e. The number of rotatable bonds is 3. The van der Waals surface area contributed by atoms with E-state index in [-0.39, 0.29) is 5.91 Å². The molecule has 0 bridgehead atoms. The molecule has 0 radical (unpaired) electrons. The zero-order valence-electron chi connectivity index (χ0n) is 11.8. The fourth-order valence-corrected chi connectivity index (χ4v) is 4.00. The van der Waals surface area contributed by atoms with Gasteiger partial charge in [0.25, 0.3) is 5.91 Å². The van der Waals surface area contributed by atoms with Crippen molar-refractivity contribution < 1.29 is 9.21 Å². The van der Waals surface area contributed by atoms with E-state index in [0.29, 0.717) is 22.5 Å². The van der Waals surface area contributed by atoms with Gasteiger partial charge in [0, 0.05) is 18.6 Å². The van der Waals surface area contributed by atoms with Crippen molar-refractivity contribution in [2.45, 2.75) is 44.7 Å². The Kier molecular flexibility index (Phi) is 4.17. The zero-order chi connectivity index (χ0) is 14.1. The van der Waals surface area contributed by atoms with Crippen LogP contribution in [-0.4, -0.2) is 47.4 Å². The minimum Gasteiger partial charge on any atom is -0.444 e. The Morgan fingerprint density at radius 3 is 2.75 bits per heavy atom. The van der Waals surface area contributed by atoms with Crippen LogP contribution in [0.3, 0.4) is 0 Å². The van der Waals surface area contributed by atoms with E-state index in [0.717, 1.165) is 25.9 Å². The number of hydrogen-bond acceptors (Lipinski definition) is 3. The van der Waals surface area contributed by atoms with E-state index in [1.54, 1.807) is 12.1 Å². The molecule has 0 saturated carbocycles. The van der Waals surface area contributed by atoms with Gasteiger partial charge in [-0.2, -0.15) is 0 Å². The van der Waals surface area contributed by atoms with E-state index >= 15 is 0 Å². The van der Waals surface area contributed by atoms with E-state index in [1.165, 1.54) is 19.4 Å². The molecule has 20 heavy (non-hydrogen) atoms. The third kappa shape index (κ3) is 2.53. The Labute approximate surface area is 128 Å². The molecular weight excluding hydrogens is 320 g/mol. The number of likely N-dealkylation sites (N-methyl/N-ethyl adjacent to an activating group) is 1. The van der Waals surface area contributed by atoms with Crippen LogP contribution in [0.4, 0.5) is 0 Å². The molecule has 2 saturated heterocycles. The molecule has 110 valence electrons. The van der Waals surface area contributed by atoms with Gasteiger partial charge in [-0.3, -0.25) is 9.69 Å². The molecule has 0 N–H and O–H groups in total. The van der Waals surface area contributed by atoms with E-state index < -0.39 is 0 Å². The van der Waals surface area contributed by atoms with Crippen molar-refractivity contribution in [1.29, 1.82) is 0 Å². The second-order valence-corrected chi connectivity index (χ2v) is 6.43. The van der Waals surface area contributed by atoms with Crippen molar-refractivity contribution in [2.75, 3.05) is 19.6 Å². The van der Waals surface area contributed by atoms with Crippen LogP contribution in [-0.2, 0) is 0 Å². The summed E-state index contributed by atoms with van der Waals surface area (Å²) in [6, 6.07) is 4.43. The molecule has 2 aliphatic heterocycles. The molecule has 0 aromatic carbocycles. The highest BCUT2D eigenvalue weighted by Crippen LogP contribution is 2.31. The summed E-state index contributed by atoms with van der Waals surface area (Å²) < 4.78 is 6.05. The summed E-state index contributed by atoms with van der Waals surface area (Å²) in [4.78, 5) is 17.2. The standard InChI is InChI=1S/C15H21BrN2O2/c1-2-17-9-3-5-11(17)12-6-4-10-18(12)15(19)13-7-8-14(16)20-13/h7-8,11-12H,2-6,9-10H2,1H3/t11-,12-/m0/s1. The lowest BCUT2D eigenvalue weighted by molar-refractivity contribution is 0.0617. The monoisotopic (exact) mass is 340 g/mol. The maximum absolute atomic E-state index is 12.6. The van der Waals surface area contributed by atoms with Gasteiger partial charge in [0.15, 0.2) is 10.4 Å². The highest BCUT2D eigenvalue weighted by molar-refractivity contribution is 9.10. The molecule has 1 aromatic heterocycles. The van der Waals surface area contributed by atoms with Crippen molar-refractivity contribution in [2.24, 2.45) is 0 Å². The van der Waals surface area contributed by atoms with Crippen LogP contribution in [0.1, 0.15) is 43.2 Å². The molecule has 2 aliphatic rings. The SMILES string of the molecule is CCN1CCC[C@H]1[C@@H]1CCCN1C(=O)c1ccc(Br)o1. The Morgan fingerprint density at radius 1 is 1.30 bits per heavy atom. The van der Waals surface area contributed by atoms with Gasteiger partial charge in [-0.15, -0.1) is 0 Å². The topological polar surface area (TPSA) is 36.7 Å². The lowest BCUT2D eigenvalue weighted by atomic mass is 10.0. The third-order valence-corrected chi connectivity index (χ3v) is 5.03. The summed E-state index contributed by atoms with van der Waals surface area (Å²) in [6.07, 6.45) is 4.69. The Bertz CT molecular complexity index is 488. The van der Waals surface area contributed by atoms with Gasteiger partial charge in [0.1, 0.15) is 0 Å². The molecule has 1 aromatic rings. The van der Waals surface area contributed by atoms with E-state index in [2.05, 4.69) is 27.8 Å². The van der Waals surface area contributed by atoms with E-state index in [1.807, 2.05) is 4.90 Å². The summed E-state index contributed by atoms with van der Waals surface area (Å²) in [7, 11) is 0. The van der Waals surface area contributed by atoms with Crippen LogP contribution in [0.25, 0.3) is 0 Å². The van der Waals surface area contributed by atoms with Crippen molar-refractivity contribution >= 4 is 21.8 Å². The van der Waals surface area contributed by atoms with Gasteiger partial charge >= 0.3 is 0 Å². The van der Waals surface area contributed by atoms with Crippen LogP contribution < -0.4 is 0 Å². The number of furan rings is 1. The number of likely N-dealkylation sites (tertiary alicyclic amines) is 2. The van der Waals surface area contributed by atoms with Gasteiger partial charge in [-0.1, -0.05) is 6.92 Å². The molecule has 2 fully saturated rings. The van der Waals surface area contributed by atoms with Gasteiger partial charge < -0.3 is 9.32 Å². The molecule has 2 atom stereocenters. The Balaban J connectivity index is 1.77. The maximum atomic E-state index is 12.6. The predicted octanol–water partition coefficient (Wildman–Crippen LogP) is 3.13. The van der Waals surface area contributed by atoms with E-state index in [4.69, 9.17) is 4.42 Å². The largest absolute Gasteiger partial charge is 0.444 e. The molecule has 1 amide bonds. The average Bonchev–Trinajstić information content (AvgIpc) is 3.16. The van der Waals surface area contributed by atoms with Crippen molar-refractivity contribution in [3.8, 4) is 0 Å². The summed E-state index contributed by atoms with van der Waals surface area (Å²) in [6.45, 7) is 5.32. The number of carbonyl (C=O) groups excluding carboxylic acids is 1. The lowest BCUT2D eigenvalue weighted by Crippen LogP contribution is -2.48. The van der Waals surface area contributed by atoms with Crippen molar-refractivity contribution in [3.05, 3.63) is 22.6 Å². The van der Waals surface area contributed by atoms with Crippen LogP contribution >= 0.6 is 15.9 Å². The molecule has 0 unspecified atom stereocenters. The van der Waals surface area contributed by atoms with Crippen LogP contribution in [0.15, 0.2) is 21.2 Å². The fraction of sp³-hybridized carbons (Fsp3) is 0.667. The first-order valence-electron chi connectivity index (χ1n) is 7.51. The van der Waals surface area contributed by atoms with E-state index in [9.17, 15) is 4.79 Å². The smallest absolute Gasteiger partial charge is 0.289 e. The first-order valence-corrected chi connectivity index (χ1v) is 8.30. The molecule has 3 rings (SSSR count). The molecule has 4 nitrogen and oxygen atoms in total. The minimum absolute atomic E-state index is 0.0427. The Morgan fingerprint density at radius 2 is 2.05 bits per heavy atom. The lowest BCUT2D eigenvalue weighted by Gasteiger charge is -2.34. The quantitative estimate of drug-likeness (QED) is 0.848. The number of carbonyl (C=O) groups is 1. The first kappa shape index (κ1) is 14.1. The van der Waals surface area contributed by atoms with Crippen LogP contribution in [0.2, 0.25) is 0 Å². The molecule has 5 heteroatoms. The molecular formula is C15H21BrN2O2. The zero-order valence-corrected chi connectivity index (χ0v) is 13.4.